The quantitative estimate of drug-likeness (QED) is 0.909. The minimum atomic E-state index is -0.831. The normalized spacial score (nSPS) is 18.6. The number of piperidine rings is 1. The number of amides is 1. The maximum absolute atomic E-state index is 12.1. The van der Waals surface area contributed by atoms with E-state index in [1.807, 2.05) is 31.2 Å². The maximum atomic E-state index is 12.1. The molecule has 2 rings (SSSR count). The number of aliphatic carboxylic acids is 1. The van der Waals surface area contributed by atoms with Crippen molar-refractivity contribution in [3.8, 4) is 5.75 Å². The van der Waals surface area contributed by atoms with Gasteiger partial charge in [-0.1, -0.05) is 18.2 Å². The van der Waals surface area contributed by atoms with Gasteiger partial charge in [-0.2, -0.15) is 0 Å². The standard InChI is InChI=1S/C15H19NO4/c1-11-5-2-3-7-13(11)20-10-14(17)16-8-4-6-12(9-16)15(18)19/h2-3,5,7,12H,4,6,8-10H2,1H3,(H,18,19). The topological polar surface area (TPSA) is 66.8 Å². The predicted octanol–water partition coefficient (Wildman–Crippen LogP) is 1.70. The first-order valence-electron chi connectivity index (χ1n) is 6.77. The van der Waals surface area contributed by atoms with Crippen LogP contribution in [0.1, 0.15) is 18.4 Å². The summed E-state index contributed by atoms with van der Waals surface area (Å²) in [5, 5.41) is 9.01. The van der Waals surface area contributed by atoms with E-state index in [2.05, 4.69) is 0 Å². The SMILES string of the molecule is Cc1ccccc1OCC(=O)N1CCCC(C(=O)O)C1. The smallest absolute Gasteiger partial charge is 0.308 e. The third kappa shape index (κ3) is 3.50. The van der Waals surface area contributed by atoms with E-state index in [1.54, 1.807) is 4.90 Å². The first kappa shape index (κ1) is 14.4. The molecule has 1 amide bonds. The van der Waals surface area contributed by atoms with E-state index in [9.17, 15) is 9.59 Å². The van der Waals surface area contributed by atoms with Gasteiger partial charge in [0.2, 0.25) is 0 Å². The van der Waals surface area contributed by atoms with E-state index < -0.39 is 11.9 Å². The van der Waals surface area contributed by atoms with Gasteiger partial charge in [0.1, 0.15) is 5.75 Å². The third-order valence-electron chi connectivity index (χ3n) is 3.57. The molecule has 20 heavy (non-hydrogen) atoms. The van der Waals surface area contributed by atoms with Gasteiger partial charge in [0.15, 0.2) is 6.61 Å². The Kier molecular flexibility index (Phi) is 4.61. The summed E-state index contributed by atoms with van der Waals surface area (Å²) >= 11 is 0. The van der Waals surface area contributed by atoms with Gasteiger partial charge in [0, 0.05) is 13.1 Å². The molecule has 108 valence electrons. The summed E-state index contributed by atoms with van der Waals surface area (Å²) in [6.07, 6.45) is 1.37. The highest BCUT2D eigenvalue weighted by atomic mass is 16.5. The van der Waals surface area contributed by atoms with Gasteiger partial charge >= 0.3 is 5.97 Å². The molecule has 1 heterocycles. The third-order valence-corrected chi connectivity index (χ3v) is 3.57. The van der Waals surface area contributed by atoms with Crippen LogP contribution in [0.25, 0.3) is 0 Å². The molecule has 0 aliphatic carbocycles. The minimum Gasteiger partial charge on any atom is -0.484 e. The molecule has 1 unspecified atom stereocenters. The van der Waals surface area contributed by atoms with Crippen LogP contribution in [0.15, 0.2) is 24.3 Å². The van der Waals surface area contributed by atoms with Crippen molar-refractivity contribution in [3.05, 3.63) is 29.8 Å². The van der Waals surface area contributed by atoms with Crippen molar-refractivity contribution in [1.29, 1.82) is 0 Å². The molecule has 0 aromatic heterocycles. The van der Waals surface area contributed by atoms with E-state index in [1.165, 1.54) is 0 Å². The summed E-state index contributed by atoms with van der Waals surface area (Å²) in [4.78, 5) is 24.6. The zero-order chi connectivity index (χ0) is 14.5. The fourth-order valence-corrected chi connectivity index (χ4v) is 2.35. The lowest BCUT2D eigenvalue weighted by Crippen LogP contribution is -2.44. The number of hydrogen-bond acceptors (Lipinski definition) is 3. The molecule has 1 atom stereocenters. The Morgan fingerprint density at radius 2 is 2.15 bits per heavy atom. The van der Waals surface area contributed by atoms with Crippen LogP contribution >= 0.6 is 0 Å². The summed E-state index contributed by atoms with van der Waals surface area (Å²) in [6.45, 7) is 2.77. The van der Waals surface area contributed by atoms with Crippen LogP contribution in [-0.2, 0) is 9.59 Å². The molecule has 1 saturated heterocycles. The average molecular weight is 277 g/mol. The lowest BCUT2D eigenvalue weighted by Gasteiger charge is -2.30. The minimum absolute atomic E-state index is 0.0445. The van der Waals surface area contributed by atoms with Crippen LogP contribution in [0.5, 0.6) is 5.75 Å². The van der Waals surface area contributed by atoms with Gasteiger partial charge in [-0.25, -0.2) is 0 Å². The Morgan fingerprint density at radius 3 is 2.85 bits per heavy atom. The van der Waals surface area contributed by atoms with Crippen LogP contribution in [0.2, 0.25) is 0 Å². The van der Waals surface area contributed by atoms with Gasteiger partial charge in [-0.05, 0) is 31.4 Å². The number of para-hydroxylation sites is 1. The van der Waals surface area contributed by atoms with Crippen LogP contribution in [0, 0.1) is 12.8 Å². The summed E-state index contributed by atoms with van der Waals surface area (Å²) in [5.41, 5.74) is 0.974. The van der Waals surface area contributed by atoms with Crippen molar-refractivity contribution < 1.29 is 19.4 Å². The molecule has 5 heteroatoms. The molecule has 1 fully saturated rings. The van der Waals surface area contributed by atoms with Gasteiger partial charge in [0.05, 0.1) is 5.92 Å². The van der Waals surface area contributed by atoms with E-state index in [4.69, 9.17) is 9.84 Å². The monoisotopic (exact) mass is 277 g/mol. The van der Waals surface area contributed by atoms with E-state index in [-0.39, 0.29) is 19.1 Å². The molecule has 1 aromatic carbocycles. The highest BCUT2D eigenvalue weighted by molar-refractivity contribution is 5.79. The lowest BCUT2D eigenvalue weighted by atomic mass is 9.98. The fraction of sp³-hybridized carbons (Fsp3) is 0.467. The molecule has 0 bridgehead atoms. The van der Waals surface area contributed by atoms with E-state index in [0.29, 0.717) is 18.7 Å². The molecule has 5 nitrogen and oxygen atoms in total. The Bertz CT molecular complexity index is 500. The van der Waals surface area contributed by atoms with Crippen LogP contribution in [0.4, 0.5) is 0 Å². The molecule has 1 aliphatic rings. The van der Waals surface area contributed by atoms with Crippen molar-refractivity contribution in [2.75, 3.05) is 19.7 Å². The van der Waals surface area contributed by atoms with Crippen molar-refractivity contribution in [3.63, 3.8) is 0 Å². The lowest BCUT2D eigenvalue weighted by molar-refractivity contribution is -0.146. The molecular formula is C15H19NO4. The number of carboxylic acid groups (broad SMARTS) is 1. The summed E-state index contributed by atoms with van der Waals surface area (Å²) in [6, 6.07) is 7.50. The predicted molar refractivity (Wildman–Crippen MR) is 73.6 cm³/mol. The summed E-state index contributed by atoms with van der Waals surface area (Å²) < 4.78 is 5.51. The van der Waals surface area contributed by atoms with Crippen LogP contribution in [0.3, 0.4) is 0 Å². The summed E-state index contributed by atoms with van der Waals surface area (Å²) in [7, 11) is 0. The van der Waals surface area contributed by atoms with Gasteiger partial charge < -0.3 is 14.7 Å². The first-order chi connectivity index (χ1) is 9.58. The van der Waals surface area contributed by atoms with E-state index >= 15 is 0 Å². The summed E-state index contributed by atoms with van der Waals surface area (Å²) in [5.74, 6) is -0.750. The second-order valence-electron chi connectivity index (χ2n) is 5.07. The number of carbonyl (C=O) groups excluding carboxylic acids is 1. The first-order valence-corrected chi connectivity index (χ1v) is 6.77. The number of nitrogens with zero attached hydrogens (tertiary/aromatic N) is 1. The highest BCUT2D eigenvalue weighted by Crippen LogP contribution is 2.18. The van der Waals surface area contributed by atoms with Crippen molar-refractivity contribution in [2.24, 2.45) is 5.92 Å². The molecule has 0 spiro atoms. The maximum Gasteiger partial charge on any atom is 0.308 e. The zero-order valence-electron chi connectivity index (χ0n) is 11.5. The molecular weight excluding hydrogens is 258 g/mol. The van der Waals surface area contributed by atoms with Crippen molar-refractivity contribution >= 4 is 11.9 Å². The Morgan fingerprint density at radius 1 is 1.40 bits per heavy atom. The number of ether oxygens (including phenoxy) is 1. The largest absolute Gasteiger partial charge is 0.484 e. The number of aryl methyl sites for hydroxylation is 1. The molecule has 0 saturated carbocycles. The number of likely N-dealkylation sites (tertiary alicyclic amines) is 1. The highest BCUT2D eigenvalue weighted by Gasteiger charge is 2.28. The van der Waals surface area contributed by atoms with E-state index in [0.717, 1.165) is 12.0 Å². The van der Waals surface area contributed by atoms with Crippen LogP contribution in [-0.4, -0.2) is 41.6 Å². The molecule has 1 aromatic rings. The number of benzene rings is 1. The second-order valence-corrected chi connectivity index (χ2v) is 5.07. The van der Waals surface area contributed by atoms with Crippen LogP contribution < -0.4 is 4.74 Å². The Hall–Kier alpha value is -2.04. The Labute approximate surface area is 118 Å². The molecule has 1 aliphatic heterocycles. The number of carbonyl (C=O) groups is 2. The van der Waals surface area contributed by atoms with Crippen molar-refractivity contribution in [1.82, 2.24) is 4.90 Å². The number of rotatable bonds is 4. The van der Waals surface area contributed by atoms with Gasteiger partial charge in [-0.15, -0.1) is 0 Å². The number of carboxylic acids is 1. The fourth-order valence-electron chi connectivity index (χ4n) is 2.35. The van der Waals surface area contributed by atoms with Gasteiger partial charge in [0.25, 0.3) is 5.91 Å². The average Bonchev–Trinajstić information content (AvgIpc) is 2.46. The molecule has 1 N–H and O–H groups in total. The van der Waals surface area contributed by atoms with Gasteiger partial charge in [-0.3, -0.25) is 9.59 Å². The Balaban J connectivity index is 1.89. The second kappa shape index (κ2) is 6.41. The number of hydrogen-bond donors (Lipinski definition) is 1. The molecule has 0 radical (unpaired) electrons. The van der Waals surface area contributed by atoms with Crippen molar-refractivity contribution in [2.45, 2.75) is 19.8 Å². The zero-order valence-corrected chi connectivity index (χ0v) is 11.5.